The van der Waals surface area contributed by atoms with Crippen LogP contribution in [-0.4, -0.2) is 36.4 Å². The number of anilines is 1. The standard InChI is InChI=1S/C19H20N2O5/c20-10-13-4-6-15(7-5-13)21-11-17(26-19(21)24)12-25-16-3-1-2-14(8-16)9-18(22)23/h1-8,17H,9-12,20H2,(H,22,23). The van der Waals surface area contributed by atoms with Gasteiger partial charge in [-0.1, -0.05) is 24.3 Å². The van der Waals surface area contributed by atoms with Crippen LogP contribution < -0.4 is 15.4 Å². The summed E-state index contributed by atoms with van der Waals surface area (Å²) in [6.45, 7) is 1.03. The monoisotopic (exact) mass is 356 g/mol. The molecule has 0 spiro atoms. The van der Waals surface area contributed by atoms with Gasteiger partial charge in [0.15, 0.2) is 6.10 Å². The summed E-state index contributed by atoms with van der Waals surface area (Å²) in [6.07, 6.45) is -0.888. The van der Waals surface area contributed by atoms with Crippen LogP contribution in [0, 0.1) is 0 Å². The number of carboxylic acid groups (broad SMARTS) is 1. The molecule has 136 valence electrons. The van der Waals surface area contributed by atoms with Gasteiger partial charge in [0.2, 0.25) is 0 Å². The van der Waals surface area contributed by atoms with Gasteiger partial charge in [-0.05, 0) is 35.4 Å². The molecule has 2 aromatic carbocycles. The number of hydrogen-bond donors (Lipinski definition) is 2. The molecule has 0 bridgehead atoms. The number of nitrogens with zero attached hydrogens (tertiary/aromatic N) is 1. The molecule has 1 unspecified atom stereocenters. The summed E-state index contributed by atoms with van der Waals surface area (Å²) in [6, 6.07) is 14.3. The Morgan fingerprint density at radius 3 is 2.69 bits per heavy atom. The lowest BCUT2D eigenvalue weighted by molar-refractivity contribution is -0.136. The van der Waals surface area contributed by atoms with Crippen molar-refractivity contribution in [3.05, 3.63) is 59.7 Å². The lowest BCUT2D eigenvalue weighted by Gasteiger charge is -2.14. The van der Waals surface area contributed by atoms with Crippen LogP contribution in [0.15, 0.2) is 48.5 Å². The fourth-order valence-corrected chi connectivity index (χ4v) is 2.74. The molecule has 1 amide bonds. The average molecular weight is 356 g/mol. The molecule has 2 aromatic rings. The van der Waals surface area contributed by atoms with E-state index in [1.807, 2.05) is 24.3 Å². The third-order valence-corrected chi connectivity index (χ3v) is 4.05. The highest BCUT2D eigenvalue weighted by atomic mass is 16.6. The molecule has 7 heteroatoms. The maximum atomic E-state index is 12.1. The van der Waals surface area contributed by atoms with Gasteiger partial charge in [-0.3, -0.25) is 9.69 Å². The van der Waals surface area contributed by atoms with Crippen molar-refractivity contribution < 1.29 is 24.2 Å². The van der Waals surface area contributed by atoms with Crippen molar-refractivity contribution in [1.29, 1.82) is 0 Å². The first-order valence-electron chi connectivity index (χ1n) is 8.26. The van der Waals surface area contributed by atoms with E-state index in [2.05, 4.69) is 0 Å². The highest BCUT2D eigenvalue weighted by molar-refractivity contribution is 5.89. The molecule has 1 aliphatic heterocycles. The fraction of sp³-hybridized carbons (Fsp3) is 0.263. The van der Waals surface area contributed by atoms with E-state index >= 15 is 0 Å². The molecule has 0 aromatic heterocycles. The van der Waals surface area contributed by atoms with Crippen LogP contribution in [0.25, 0.3) is 0 Å². The number of cyclic esters (lactones) is 1. The first-order chi connectivity index (χ1) is 12.5. The summed E-state index contributed by atoms with van der Waals surface area (Å²) in [7, 11) is 0. The molecule has 0 radical (unpaired) electrons. The summed E-state index contributed by atoms with van der Waals surface area (Å²) < 4.78 is 11.0. The van der Waals surface area contributed by atoms with Gasteiger partial charge in [-0.25, -0.2) is 4.79 Å². The van der Waals surface area contributed by atoms with Gasteiger partial charge < -0.3 is 20.3 Å². The van der Waals surface area contributed by atoms with Crippen molar-refractivity contribution in [2.75, 3.05) is 18.1 Å². The number of carbonyl (C=O) groups excluding carboxylic acids is 1. The zero-order chi connectivity index (χ0) is 18.5. The highest BCUT2D eigenvalue weighted by Crippen LogP contribution is 2.23. The third-order valence-electron chi connectivity index (χ3n) is 4.05. The average Bonchev–Trinajstić information content (AvgIpc) is 3.00. The van der Waals surface area contributed by atoms with Gasteiger partial charge in [0.1, 0.15) is 12.4 Å². The number of carboxylic acids is 1. The van der Waals surface area contributed by atoms with Crippen LogP contribution in [0.3, 0.4) is 0 Å². The molecule has 3 N–H and O–H groups in total. The van der Waals surface area contributed by atoms with Gasteiger partial charge in [-0.15, -0.1) is 0 Å². The van der Waals surface area contributed by atoms with Crippen LogP contribution in [0.2, 0.25) is 0 Å². The minimum absolute atomic E-state index is 0.0673. The molecule has 0 aliphatic carbocycles. The van der Waals surface area contributed by atoms with E-state index in [0.29, 0.717) is 24.4 Å². The van der Waals surface area contributed by atoms with Crippen molar-refractivity contribution in [3.63, 3.8) is 0 Å². The highest BCUT2D eigenvalue weighted by Gasteiger charge is 2.32. The topological polar surface area (TPSA) is 102 Å². The first-order valence-corrected chi connectivity index (χ1v) is 8.26. The van der Waals surface area contributed by atoms with E-state index in [0.717, 1.165) is 11.3 Å². The molecule has 3 rings (SSSR count). The SMILES string of the molecule is NCc1ccc(N2CC(COc3cccc(CC(=O)O)c3)OC2=O)cc1. The Labute approximate surface area is 150 Å². The normalized spacial score (nSPS) is 16.4. The van der Waals surface area contributed by atoms with Crippen LogP contribution >= 0.6 is 0 Å². The fourth-order valence-electron chi connectivity index (χ4n) is 2.74. The number of ether oxygens (including phenoxy) is 2. The molecule has 0 saturated carbocycles. The van der Waals surface area contributed by atoms with Gasteiger partial charge in [0, 0.05) is 12.2 Å². The van der Waals surface area contributed by atoms with Crippen molar-refractivity contribution in [2.24, 2.45) is 5.73 Å². The molecule has 1 heterocycles. The van der Waals surface area contributed by atoms with Crippen LogP contribution in [-0.2, 0) is 22.5 Å². The van der Waals surface area contributed by atoms with Crippen molar-refractivity contribution in [3.8, 4) is 5.75 Å². The zero-order valence-electron chi connectivity index (χ0n) is 14.1. The van der Waals surface area contributed by atoms with Crippen molar-refractivity contribution in [1.82, 2.24) is 0 Å². The Hall–Kier alpha value is -3.06. The lowest BCUT2D eigenvalue weighted by atomic mass is 10.1. The second-order valence-electron chi connectivity index (χ2n) is 6.02. The van der Waals surface area contributed by atoms with E-state index in [9.17, 15) is 9.59 Å². The van der Waals surface area contributed by atoms with E-state index in [-0.39, 0.29) is 13.0 Å². The molecule has 1 fully saturated rings. The van der Waals surface area contributed by atoms with Crippen LogP contribution in [0.4, 0.5) is 10.5 Å². The Balaban J connectivity index is 1.58. The summed E-state index contributed by atoms with van der Waals surface area (Å²) in [4.78, 5) is 24.4. The number of nitrogens with two attached hydrogens (primary N) is 1. The summed E-state index contributed by atoms with van der Waals surface area (Å²) in [5.74, 6) is -0.353. The first kappa shape index (κ1) is 17.8. The summed E-state index contributed by atoms with van der Waals surface area (Å²) >= 11 is 0. The molecule has 1 aliphatic rings. The Kier molecular flexibility index (Phi) is 5.38. The van der Waals surface area contributed by atoms with E-state index in [4.69, 9.17) is 20.3 Å². The van der Waals surface area contributed by atoms with Gasteiger partial charge >= 0.3 is 12.1 Å². The number of benzene rings is 2. The Bertz CT molecular complexity index is 791. The number of hydrogen-bond acceptors (Lipinski definition) is 5. The number of aliphatic carboxylic acids is 1. The molecule has 7 nitrogen and oxygen atoms in total. The second kappa shape index (κ2) is 7.88. The third kappa shape index (κ3) is 4.31. The Morgan fingerprint density at radius 2 is 2.00 bits per heavy atom. The van der Waals surface area contributed by atoms with E-state index < -0.39 is 18.2 Å². The summed E-state index contributed by atoms with van der Waals surface area (Å²) in [5.41, 5.74) is 7.97. The number of rotatable bonds is 7. The predicted molar refractivity (Wildman–Crippen MR) is 95.2 cm³/mol. The van der Waals surface area contributed by atoms with E-state index in [1.54, 1.807) is 29.2 Å². The maximum absolute atomic E-state index is 12.1. The van der Waals surface area contributed by atoms with Crippen molar-refractivity contribution in [2.45, 2.75) is 19.1 Å². The minimum atomic E-state index is -0.900. The van der Waals surface area contributed by atoms with Gasteiger partial charge in [-0.2, -0.15) is 0 Å². The molecular formula is C19H20N2O5. The Morgan fingerprint density at radius 1 is 1.23 bits per heavy atom. The number of amides is 1. The number of carbonyl (C=O) groups is 2. The largest absolute Gasteiger partial charge is 0.490 e. The van der Waals surface area contributed by atoms with Gasteiger partial charge in [0.25, 0.3) is 0 Å². The molecule has 1 atom stereocenters. The smallest absolute Gasteiger partial charge is 0.414 e. The molecular weight excluding hydrogens is 336 g/mol. The van der Waals surface area contributed by atoms with Crippen LogP contribution in [0.5, 0.6) is 5.75 Å². The zero-order valence-corrected chi connectivity index (χ0v) is 14.1. The van der Waals surface area contributed by atoms with E-state index in [1.165, 1.54) is 0 Å². The van der Waals surface area contributed by atoms with Crippen molar-refractivity contribution >= 4 is 17.7 Å². The van der Waals surface area contributed by atoms with Crippen LogP contribution in [0.1, 0.15) is 11.1 Å². The lowest BCUT2D eigenvalue weighted by Crippen LogP contribution is -2.26. The second-order valence-corrected chi connectivity index (χ2v) is 6.02. The van der Waals surface area contributed by atoms with Gasteiger partial charge in [0.05, 0.1) is 13.0 Å². The maximum Gasteiger partial charge on any atom is 0.414 e. The quantitative estimate of drug-likeness (QED) is 0.788. The molecule has 26 heavy (non-hydrogen) atoms. The minimum Gasteiger partial charge on any atom is -0.490 e. The molecule has 1 saturated heterocycles. The predicted octanol–water partition coefficient (Wildman–Crippen LogP) is 2.18. The summed E-state index contributed by atoms with van der Waals surface area (Å²) in [5, 5.41) is 8.85.